The minimum Gasteiger partial charge on any atom is -0.469 e. The van der Waals surface area contributed by atoms with Crippen LogP contribution in [-0.2, 0) is 14.3 Å². The molecule has 0 spiro atoms. The highest BCUT2D eigenvalue weighted by Gasteiger charge is 2.21. The number of nitro groups is 2. The molecule has 14 heteroatoms. The second-order valence-electron chi connectivity index (χ2n) is 8.06. The zero-order valence-electron chi connectivity index (χ0n) is 20.6. The molecule has 0 saturated heterocycles. The van der Waals surface area contributed by atoms with Crippen molar-refractivity contribution in [3.63, 3.8) is 0 Å². The van der Waals surface area contributed by atoms with Crippen LogP contribution in [0.2, 0.25) is 0 Å². The first-order valence-corrected chi connectivity index (χ1v) is 11.3. The Kier molecular flexibility index (Phi) is 11.0. The quantitative estimate of drug-likeness (QED) is 0.105. The summed E-state index contributed by atoms with van der Waals surface area (Å²) in [5.41, 5.74) is 0.141. The molecule has 2 rings (SSSR count). The summed E-state index contributed by atoms with van der Waals surface area (Å²) in [5.74, 6) is -0.560. The van der Waals surface area contributed by atoms with E-state index in [1.54, 1.807) is 18.2 Å². The van der Waals surface area contributed by atoms with Gasteiger partial charge in [-0.25, -0.2) is 0 Å². The number of azo groups is 1. The van der Waals surface area contributed by atoms with Gasteiger partial charge in [-0.1, -0.05) is 6.07 Å². The van der Waals surface area contributed by atoms with Crippen LogP contribution in [0, 0.1) is 20.2 Å². The number of nitrogens with one attached hydrogen (secondary N) is 1. The Labute approximate surface area is 212 Å². The molecule has 0 fully saturated rings. The van der Waals surface area contributed by atoms with Gasteiger partial charge < -0.3 is 25.0 Å². The number of aliphatic hydroxyl groups is 2. The van der Waals surface area contributed by atoms with Gasteiger partial charge in [-0.15, -0.1) is 10.2 Å². The average Bonchev–Trinajstić information content (AvgIpc) is 2.86. The van der Waals surface area contributed by atoms with Gasteiger partial charge in [-0.05, 0) is 55.9 Å². The van der Waals surface area contributed by atoms with E-state index in [9.17, 15) is 35.2 Å². The van der Waals surface area contributed by atoms with Crippen LogP contribution in [0.3, 0.4) is 0 Å². The first-order valence-electron chi connectivity index (χ1n) is 11.3. The third-order valence-electron chi connectivity index (χ3n) is 5.45. The fourth-order valence-corrected chi connectivity index (χ4v) is 3.53. The Hall–Kier alpha value is -4.01. The highest BCUT2D eigenvalue weighted by atomic mass is 16.6. The molecule has 37 heavy (non-hydrogen) atoms. The van der Waals surface area contributed by atoms with Crippen molar-refractivity contribution >= 4 is 34.4 Å². The lowest BCUT2D eigenvalue weighted by Gasteiger charge is -2.20. The molecular formula is C23H29N5O9. The Bertz CT molecular complexity index is 1140. The van der Waals surface area contributed by atoms with E-state index < -0.39 is 33.7 Å². The topological polar surface area (TPSA) is 199 Å². The van der Waals surface area contributed by atoms with Gasteiger partial charge in [-0.3, -0.25) is 25.0 Å². The zero-order chi connectivity index (χ0) is 27.5. The predicted octanol–water partition coefficient (Wildman–Crippen LogP) is 4.45. The monoisotopic (exact) mass is 519 g/mol. The van der Waals surface area contributed by atoms with E-state index in [2.05, 4.69) is 15.5 Å². The van der Waals surface area contributed by atoms with E-state index >= 15 is 0 Å². The number of anilines is 1. The molecule has 0 aliphatic rings. The number of carbonyl (C=O) groups is 1. The van der Waals surface area contributed by atoms with Gasteiger partial charge in [0.05, 0.1) is 28.7 Å². The number of hydrogen-bond acceptors (Lipinski definition) is 12. The third-order valence-corrected chi connectivity index (χ3v) is 5.45. The second-order valence-corrected chi connectivity index (χ2v) is 8.06. The number of ether oxygens (including phenoxy) is 2. The highest BCUT2D eigenvalue weighted by molar-refractivity contribution is 5.70. The van der Waals surface area contributed by atoms with Crippen molar-refractivity contribution in [3.8, 4) is 0 Å². The highest BCUT2D eigenvalue weighted by Crippen LogP contribution is 2.37. The van der Waals surface area contributed by atoms with Crippen molar-refractivity contribution in [1.82, 2.24) is 0 Å². The summed E-state index contributed by atoms with van der Waals surface area (Å²) in [6.07, 6.45) is -0.590. The van der Waals surface area contributed by atoms with Gasteiger partial charge in [0.1, 0.15) is 11.9 Å². The molecular weight excluding hydrogens is 490 g/mol. The number of methoxy groups -OCH3 is 2. The number of non-ortho nitro benzene ring substituents is 1. The lowest BCUT2D eigenvalue weighted by atomic mass is 9.89. The fraction of sp³-hybridized carbons (Fsp3) is 0.435. The van der Waals surface area contributed by atoms with Crippen molar-refractivity contribution in [1.29, 1.82) is 0 Å². The van der Waals surface area contributed by atoms with Gasteiger partial charge in [0.25, 0.3) is 5.69 Å². The normalized spacial score (nSPS) is 13.6. The number of nitro benzene ring substituents is 2. The summed E-state index contributed by atoms with van der Waals surface area (Å²) in [4.78, 5) is 32.5. The van der Waals surface area contributed by atoms with Crippen LogP contribution in [0.1, 0.15) is 44.1 Å². The van der Waals surface area contributed by atoms with Crippen molar-refractivity contribution in [2.24, 2.45) is 10.2 Å². The molecule has 2 aromatic rings. The van der Waals surface area contributed by atoms with Crippen molar-refractivity contribution in [2.45, 2.75) is 51.0 Å². The van der Waals surface area contributed by atoms with E-state index in [1.807, 2.05) is 0 Å². The second kappa shape index (κ2) is 13.9. The summed E-state index contributed by atoms with van der Waals surface area (Å²) < 4.78 is 9.63. The largest absolute Gasteiger partial charge is 0.469 e. The summed E-state index contributed by atoms with van der Waals surface area (Å²) >= 11 is 0. The van der Waals surface area contributed by atoms with Gasteiger partial charge in [0, 0.05) is 19.6 Å². The van der Waals surface area contributed by atoms with Gasteiger partial charge in [0.15, 0.2) is 12.0 Å². The molecule has 0 aliphatic heterocycles. The lowest BCUT2D eigenvalue weighted by molar-refractivity contribution is -0.393. The molecule has 2 aromatic carbocycles. The first kappa shape index (κ1) is 29.2. The van der Waals surface area contributed by atoms with Crippen molar-refractivity contribution < 1.29 is 34.3 Å². The predicted molar refractivity (Wildman–Crippen MR) is 132 cm³/mol. The maximum Gasteiger partial charge on any atom is 0.305 e. The molecule has 0 aliphatic carbocycles. The maximum absolute atomic E-state index is 11.7. The smallest absolute Gasteiger partial charge is 0.305 e. The van der Waals surface area contributed by atoms with Crippen molar-refractivity contribution in [2.75, 3.05) is 19.5 Å². The van der Waals surface area contributed by atoms with Crippen molar-refractivity contribution in [3.05, 3.63) is 62.2 Å². The lowest BCUT2D eigenvalue weighted by Crippen LogP contribution is -2.15. The molecule has 14 nitrogen and oxygen atoms in total. The van der Waals surface area contributed by atoms with Crippen LogP contribution in [0.5, 0.6) is 0 Å². The molecule has 0 bridgehead atoms. The number of benzene rings is 2. The Morgan fingerprint density at radius 1 is 1.00 bits per heavy atom. The first-order chi connectivity index (χ1) is 17.5. The molecule has 3 N–H and O–H groups in total. The van der Waals surface area contributed by atoms with E-state index in [1.165, 1.54) is 21.1 Å². The summed E-state index contributed by atoms with van der Waals surface area (Å²) in [7, 11) is 2.68. The molecule has 0 heterocycles. The van der Waals surface area contributed by atoms with E-state index in [-0.39, 0.29) is 29.7 Å². The molecule has 0 radical (unpaired) electrons. The number of rotatable bonds is 14. The van der Waals surface area contributed by atoms with Gasteiger partial charge in [-0.2, -0.15) is 0 Å². The van der Waals surface area contributed by atoms with Crippen LogP contribution >= 0.6 is 0 Å². The summed E-state index contributed by atoms with van der Waals surface area (Å²) in [5, 5.41) is 52.9. The van der Waals surface area contributed by atoms with E-state index in [0.717, 1.165) is 23.8 Å². The Balaban J connectivity index is 2.43. The number of esters is 1. The number of carbonyl (C=O) groups excluding carboxylic acids is 1. The van der Waals surface area contributed by atoms with Crippen LogP contribution in [0.15, 0.2) is 46.6 Å². The van der Waals surface area contributed by atoms with E-state index in [0.29, 0.717) is 24.9 Å². The third kappa shape index (κ3) is 8.86. The van der Waals surface area contributed by atoms with Gasteiger partial charge in [0.2, 0.25) is 0 Å². The maximum atomic E-state index is 11.7. The molecule has 200 valence electrons. The standard InChI is InChI=1S/C23H29N5O9/c1-14(29)24-20-12-16(15(5-10-22(30)36-2)6-11-23(31)37-3)4-8-18(20)25-26-19-9-7-17(27(32)33)13-21(19)28(34)35/h4,7-9,12-15,22,24,29-30H,5-6,10-11H2,1-3H3/b26-25+. The summed E-state index contributed by atoms with van der Waals surface area (Å²) in [6.45, 7) is 1.48. The SMILES string of the molecule is COC(=O)CCC(CCC(O)OC)c1ccc(/N=N/c2ccc([N+](=O)[O-])cc2[N+](=O)[O-])c(NC(C)O)c1. The minimum atomic E-state index is -0.984. The minimum absolute atomic E-state index is 0.147. The summed E-state index contributed by atoms with van der Waals surface area (Å²) in [6, 6.07) is 8.02. The van der Waals surface area contributed by atoms with Crippen LogP contribution in [0.4, 0.5) is 28.4 Å². The van der Waals surface area contributed by atoms with E-state index in [4.69, 9.17) is 9.47 Å². The molecule has 0 saturated carbocycles. The average molecular weight is 520 g/mol. The zero-order valence-corrected chi connectivity index (χ0v) is 20.6. The molecule has 3 unspecified atom stereocenters. The van der Waals surface area contributed by atoms with Crippen LogP contribution in [-0.4, -0.2) is 52.8 Å². The fourth-order valence-electron chi connectivity index (χ4n) is 3.53. The molecule has 0 aromatic heterocycles. The van der Waals surface area contributed by atoms with Crippen LogP contribution in [0.25, 0.3) is 0 Å². The Morgan fingerprint density at radius 2 is 1.68 bits per heavy atom. The Morgan fingerprint density at radius 3 is 2.27 bits per heavy atom. The van der Waals surface area contributed by atoms with Gasteiger partial charge >= 0.3 is 11.7 Å². The molecule has 3 atom stereocenters. The number of aliphatic hydroxyl groups excluding tert-OH is 2. The number of nitrogens with zero attached hydrogens (tertiary/aromatic N) is 4. The molecule has 0 amide bonds. The number of hydrogen-bond donors (Lipinski definition) is 3. The van der Waals surface area contributed by atoms with Crippen LogP contribution < -0.4 is 5.32 Å².